The lowest BCUT2D eigenvalue weighted by atomic mass is 9.98. The molecule has 0 bridgehead atoms. The van der Waals surface area contributed by atoms with Crippen LogP contribution in [0.4, 0.5) is 0 Å². The van der Waals surface area contributed by atoms with Crippen LogP contribution in [0.1, 0.15) is 6.42 Å². The summed E-state index contributed by atoms with van der Waals surface area (Å²) in [6, 6.07) is 0. The zero-order chi connectivity index (χ0) is 21.0. The van der Waals surface area contributed by atoms with Crippen LogP contribution in [0, 0.1) is 12.3 Å². The van der Waals surface area contributed by atoms with Crippen molar-refractivity contribution in [1.82, 2.24) is 0 Å². The molecule has 0 aromatic carbocycles. The molecule has 2 rings (SSSR count). The predicted molar refractivity (Wildman–Crippen MR) is 85.9 cm³/mol. The molecule has 2 aliphatic heterocycles. The van der Waals surface area contributed by atoms with E-state index in [1.54, 1.807) is 0 Å². The number of carbonyl (C=O) groups is 1. The Hall–Kier alpha value is -1.37. The maximum Gasteiger partial charge on any atom is 0.318 e. The molecule has 0 aromatic heterocycles. The van der Waals surface area contributed by atoms with Crippen LogP contribution >= 0.6 is 0 Å². The van der Waals surface area contributed by atoms with Crippen LogP contribution in [0.3, 0.4) is 0 Å². The Morgan fingerprint density at radius 2 is 1.36 bits per heavy atom. The summed E-state index contributed by atoms with van der Waals surface area (Å²) in [4.78, 5) is 11.3. The van der Waals surface area contributed by atoms with E-state index >= 15 is 0 Å². The summed E-state index contributed by atoms with van der Waals surface area (Å²) < 4.78 is 20.5. The molecule has 0 aromatic rings. The fourth-order valence-electron chi connectivity index (χ4n) is 2.79. The molecule has 12 nitrogen and oxygen atoms in total. The van der Waals surface area contributed by atoms with Crippen LogP contribution in [-0.4, -0.2) is 116 Å². The number of aliphatic hydroxyl groups is 7. The normalized spacial score (nSPS) is 43.9. The Labute approximate surface area is 159 Å². The molecule has 2 saturated heterocycles. The molecular formula is C16H24O12. The summed E-state index contributed by atoms with van der Waals surface area (Å²) in [5, 5.41) is 68.7. The van der Waals surface area contributed by atoms with Crippen molar-refractivity contribution in [2.24, 2.45) is 0 Å². The lowest BCUT2D eigenvalue weighted by molar-refractivity contribution is -0.376. The van der Waals surface area contributed by atoms with Crippen LogP contribution in [0.15, 0.2) is 0 Å². The topological polar surface area (TPSA) is 196 Å². The monoisotopic (exact) mass is 408 g/mol. The van der Waals surface area contributed by atoms with Crippen molar-refractivity contribution in [3.8, 4) is 12.3 Å². The third-order valence-corrected chi connectivity index (χ3v) is 4.44. The highest BCUT2D eigenvalue weighted by Gasteiger charge is 2.49. The number of carbonyl (C=O) groups excluding carboxylic acids is 1. The molecule has 2 aliphatic rings. The summed E-state index contributed by atoms with van der Waals surface area (Å²) in [5.41, 5.74) is 0. The second-order valence-electron chi connectivity index (χ2n) is 6.41. The summed E-state index contributed by atoms with van der Waals surface area (Å²) in [6.07, 6.45) is -11.6. The maximum atomic E-state index is 11.3. The van der Waals surface area contributed by atoms with Gasteiger partial charge in [-0.05, 0) is 0 Å². The second kappa shape index (κ2) is 9.90. The zero-order valence-corrected chi connectivity index (χ0v) is 14.6. The Balaban J connectivity index is 2.04. The van der Waals surface area contributed by atoms with Crippen molar-refractivity contribution in [3.63, 3.8) is 0 Å². The molecule has 7 N–H and O–H groups in total. The molecule has 4 unspecified atom stereocenters. The van der Waals surface area contributed by atoms with E-state index in [-0.39, 0.29) is 6.42 Å². The molecule has 0 aliphatic carbocycles. The van der Waals surface area contributed by atoms with E-state index in [1.807, 2.05) is 0 Å². The first-order valence-corrected chi connectivity index (χ1v) is 8.46. The highest BCUT2D eigenvalue weighted by Crippen LogP contribution is 2.28. The molecular weight excluding hydrogens is 384 g/mol. The maximum absolute atomic E-state index is 11.3. The van der Waals surface area contributed by atoms with Crippen molar-refractivity contribution in [1.29, 1.82) is 0 Å². The van der Waals surface area contributed by atoms with E-state index in [4.69, 9.17) is 25.4 Å². The lowest BCUT2D eigenvalue weighted by Gasteiger charge is -2.44. The molecule has 2 fully saturated rings. The number of rotatable bonds is 6. The Kier molecular flexibility index (Phi) is 8.10. The van der Waals surface area contributed by atoms with Gasteiger partial charge in [-0.1, -0.05) is 5.92 Å². The van der Waals surface area contributed by atoms with Gasteiger partial charge in [0.25, 0.3) is 0 Å². The summed E-state index contributed by atoms with van der Waals surface area (Å²) >= 11 is 0. The van der Waals surface area contributed by atoms with Crippen LogP contribution < -0.4 is 0 Å². The minimum absolute atomic E-state index is 0.321. The number of hydrogen-bond acceptors (Lipinski definition) is 12. The number of terminal acetylenes is 1. The number of hydrogen-bond donors (Lipinski definition) is 7. The summed E-state index contributed by atoms with van der Waals surface area (Å²) in [7, 11) is 0. The summed E-state index contributed by atoms with van der Waals surface area (Å²) in [6.45, 7) is -1.21. The second-order valence-corrected chi connectivity index (χ2v) is 6.41. The molecule has 160 valence electrons. The Morgan fingerprint density at radius 1 is 0.857 bits per heavy atom. The van der Waals surface area contributed by atoms with Crippen molar-refractivity contribution in [2.75, 3.05) is 13.2 Å². The fraction of sp³-hybridized carbons (Fsp3) is 0.812. The molecule has 12 heteroatoms. The smallest absolute Gasteiger partial charge is 0.318 e. The largest absolute Gasteiger partial charge is 0.462 e. The van der Waals surface area contributed by atoms with Crippen LogP contribution in [-0.2, 0) is 23.7 Å². The third-order valence-electron chi connectivity index (χ3n) is 4.44. The first-order chi connectivity index (χ1) is 13.2. The number of aliphatic hydroxyl groups excluding tert-OH is 7. The van der Waals surface area contributed by atoms with E-state index in [0.29, 0.717) is 0 Å². The minimum atomic E-state index is -1.79. The first kappa shape index (κ1) is 22.9. The Morgan fingerprint density at radius 3 is 1.86 bits per heavy atom. The predicted octanol–water partition coefficient (Wildman–Crippen LogP) is -4.82. The van der Waals surface area contributed by atoms with Gasteiger partial charge in [0.15, 0.2) is 12.6 Å². The van der Waals surface area contributed by atoms with Crippen LogP contribution in [0.2, 0.25) is 0 Å². The van der Waals surface area contributed by atoms with Gasteiger partial charge in [-0.15, -0.1) is 6.42 Å². The van der Waals surface area contributed by atoms with Crippen molar-refractivity contribution in [2.45, 2.75) is 67.8 Å². The third kappa shape index (κ3) is 4.97. The van der Waals surface area contributed by atoms with E-state index in [2.05, 4.69) is 5.92 Å². The fourth-order valence-corrected chi connectivity index (χ4v) is 2.79. The molecule has 2 heterocycles. The van der Waals surface area contributed by atoms with Gasteiger partial charge in [0.2, 0.25) is 0 Å². The van der Waals surface area contributed by atoms with Gasteiger partial charge in [-0.2, -0.15) is 0 Å². The number of esters is 1. The van der Waals surface area contributed by atoms with Crippen molar-refractivity contribution in [3.05, 3.63) is 0 Å². The zero-order valence-electron chi connectivity index (χ0n) is 14.6. The molecule has 0 spiro atoms. The first-order valence-electron chi connectivity index (χ1n) is 8.46. The van der Waals surface area contributed by atoms with Crippen molar-refractivity contribution >= 4 is 5.97 Å². The van der Waals surface area contributed by atoms with Gasteiger partial charge in [0, 0.05) is 0 Å². The highest BCUT2D eigenvalue weighted by molar-refractivity contribution is 5.72. The number of ether oxygens (including phenoxy) is 4. The van der Waals surface area contributed by atoms with Crippen molar-refractivity contribution < 1.29 is 59.5 Å². The van der Waals surface area contributed by atoms with Crippen LogP contribution in [0.25, 0.3) is 0 Å². The summed E-state index contributed by atoms with van der Waals surface area (Å²) in [5.74, 6) is 1.29. The SMILES string of the molecule is C#CCC(=O)OCC1O[C@H](O[C@H]2OC(CO)[C@@H](O)C(O)[C@H]2O)C(O)[C@@H](O)[C@@H]1O. The van der Waals surface area contributed by atoms with Gasteiger partial charge >= 0.3 is 5.97 Å². The minimum Gasteiger partial charge on any atom is -0.462 e. The molecule has 0 saturated carbocycles. The lowest BCUT2D eigenvalue weighted by Crippen LogP contribution is -2.63. The van der Waals surface area contributed by atoms with E-state index in [9.17, 15) is 40.5 Å². The highest BCUT2D eigenvalue weighted by atomic mass is 16.8. The quantitative estimate of drug-likeness (QED) is 0.164. The Bertz CT molecular complexity index is 562. The van der Waals surface area contributed by atoms with Gasteiger partial charge in [0.1, 0.15) is 61.9 Å². The van der Waals surface area contributed by atoms with Crippen LogP contribution in [0.5, 0.6) is 0 Å². The molecule has 0 radical (unpaired) electrons. The van der Waals surface area contributed by atoms with Gasteiger partial charge in [0.05, 0.1) is 6.61 Å². The standard InChI is InChI=1S/C16H24O12/c1-2-3-8(18)25-5-7-10(20)12(22)14(24)16(27-7)28-15-13(23)11(21)9(19)6(4-17)26-15/h1,6-7,9-17,19-24H,3-5H2/t6?,7?,9-,10-,11?,12+,13-,14?,15-,16-/m1/s1. The van der Waals surface area contributed by atoms with E-state index < -0.39 is 80.6 Å². The van der Waals surface area contributed by atoms with Gasteiger partial charge < -0.3 is 54.7 Å². The molecule has 28 heavy (non-hydrogen) atoms. The molecule has 10 atom stereocenters. The van der Waals surface area contributed by atoms with Gasteiger partial charge in [-0.25, -0.2) is 0 Å². The average molecular weight is 408 g/mol. The van der Waals surface area contributed by atoms with E-state index in [1.165, 1.54) is 0 Å². The average Bonchev–Trinajstić information content (AvgIpc) is 2.67. The van der Waals surface area contributed by atoms with Gasteiger partial charge in [-0.3, -0.25) is 4.79 Å². The molecule has 0 amide bonds. The van der Waals surface area contributed by atoms with E-state index in [0.717, 1.165) is 0 Å².